The summed E-state index contributed by atoms with van der Waals surface area (Å²) in [5, 5.41) is 13.5. The van der Waals surface area contributed by atoms with E-state index in [1.54, 1.807) is 6.33 Å². The number of aliphatic hydroxyl groups excluding tert-OH is 1. The van der Waals surface area contributed by atoms with Crippen molar-refractivity contribution in [2.75, 3.05) is 24.5 Å². The summed E-state index contributed by atoms with van der Waals surface area (Å²) in [6.45, 7) is 4.01. The van der Waals surface area contributed by atoms with Crippen molar-refractivity contribution in [1.29, 1.82) is 0 Å². The number of aromatic nitrogens is 4. The lowest BCUT2D eigenvalue weighted by molar-refractivity contribution is 0.0909. The number of fused-ring (bicyclic) bond motifs is 1. The number of hydrogen-bond donors (Lipinski definition) is 2. The van der Waals surface area contributed by atoms with Crippen LogP contribution in [0.5, 0.6) is 0 Å². The molecule has 0 bridgehead atoms. The van der Waals surface area contributed by atoms with Crippen molar-refractivity contribution in [1.82, 2.24) is 24.8 Å². The topological polar surface area (TPSA) is 79.1 Å². The van der Waals surface area contributed by atoms with Crippen LogP contribution in [0.25, 0.3) is 11.2 Å². The first kappa shape index (κ1) is 19.0. The highest BCUT2D eigenvalue weighted by Gasteiger charge is 2.22. The number of aryl methyl sites for hydroxylation is 1. The average molecular weight is 361 g/mol. The van der Waals surface area contributed by atoms with E-state index in [4.69, 9.17) is 0 Å². The van der Waals surface area contributed by atoms with Gasteiger partial charge < -0.3 is 19.9 Å². The van der Waals surface area contributed by atoms with Crippen molar-refractivity contribution in [3.63, 3.8) is 0 Å². The molecule has 2 aromatic rings. The number of anilines is 1. The molecule has 0 saturated carbocycles. The molecule has 2 aromatic heterocycles. The number of nitrogens with one attached hydrogen (secondary N) is 1. The summed E-state index contributed by atoms with van der Waals surface area (Å²) in [5.74, 6) is 0.979. The van der Waals surface area contributed by atoms with Crippen molar-refractivity contribution >= 4 is 17.0 Å². The van der Waals surface area contributed by atoms with Crippen LogP contribution in [0, 0.1) is 0 Å². The highest BCUT2D eigenvalue weighted by Crippen LogP contribution is 2.24. The highest BCUT2D eigenvalue weighted by molar-refractivity contribution is 5.83. The molecule has 2 fully saturated rings. The second-order valence-corrected chi connectivity index (χ2v) is 7.27. The molecule has 2 saturated heterocycles. The Kier molecular flexibility index (Phi) is 6.43. The highest BCUT2D eigenvalue weighted by atomic mass is 16.3. The van der Waals surface area contributed by atoms with E-state index in [2.05, 4.69) is 29.7 Å². The lowest BCUT2D eigenvalue weighted by atomic mass is 9.97. The number of imidazole rings is 1. The Bertz CT molecular complexity index is 696. The van der Waals surface area contributed by atoms with Crippen LogP contribution in [0.2, 0.25) is 0 Å². The Balaban J connectivity index is 0.00000196. The fourth-order valence-corrected chi connectivity index (χ4v) is 4.08. The van der Waals surface area contributed by atoms with Crippen LogP contribution in [0.4, 0.5) is 5.82 Å². The van der Waals surface area contributed by atoms with Gasteiger partial charge in [0.1, 0.15) is 6.33 Å². The molecule has 0 aromatic carbocycles. The Labute approximate surface area is 155 Å². The molecule has 2 N–H and O–H groups in total. The van der Waals surface area contributed by atoms with E-state index in [0.717, 1.165) is 68.8 Å². The van der Waals surface area contributed by atoms with Gasteiger partial charge in [0.15, 0.2) is 17.0 Å². The maximum Gasteiger partial charge on any atom is 0.165 e. The van der Waals surface area contributed by atoms with Gasteiger partial charge in [-0.25, -0.2) is 15.0 Å². The zero-order chi connectivity index (χ0) is 17.1. The fourth-order valence-electron chi connectivity index (χ4n) is 4.08. The fraction of sp³-hybridized carbons (Fsp3) is 0.737. The van der Waals surface area contributed by atoms with Gasteiger partial charge in [-0.1, -0.05) is 7.43 Å². The van der Waals surface area contributed by atoms with Crippen molar-refractivity contribution in [2.24, 2.45) is 0 Å². The molecule has 0 radical (unpaired) electrons. The number of aliphatic hydroxyl groups is 1. The Morgan fingerprint density at radius 2 is 1.96 bits per heavy atom. The summed E-state index contributed by atoms with van der Waals surface area (Å²) in [6.07, 6.45) is 11.1. The molecule has 4 rings (SSSR count). The minimum absolute atomic E-state index is 0. The Morgan fingerprint density at radius 1 is 1.12 bits per heavy atom. The molecule has 7 nitrogen and oxygen atoms in total. The quantitative estimate of drug-likeness (QED) is 0.852. The van der Waals surface area contributed by atoms with Crippen LogP contribution in [0.3, 0.4) is 0 Å². The molecule has 0 spiro atoms. The zero-order valence-electron chi connectivity index (χ0n) is 14.8. The van der Waals surface area contributed by atoms with Crippen LogP contribution in [0.1, 0.15) is 52.4 Å². The molecular weight excluding hydrogens is 328 g/mol. The van der Waals surface area contributed by atoms with Crippen LogP contribution in [0.15, 0.2) is 12.7 Å². The van der Waals surface area contributed by atoms with E-state index in [1.807, 2.05) is 6.33 Å². The molecule has 4 heterocycles. The Morgan fingerprint density at radius 3 is 2.77 bits per heavy atom. The van der Waals surface area contributed by atoms with Gasteiger partial charge in [0.2, 0.25) is 0 Å². The van der Waals surface area contributed by atoms with Gasteiger partial charge in [-0.2, -0.15) is 0 Å². The van der Waals surface area contributed by atoms with Gasteiger partial charge in [-0.05, 0) is 51.5 Å². The van der Waals surface area contributed by atoms with Gasteiger partial charge in [-0.3, -0.25) is 0 Å². The molecule has 0 unspecified atom stereocenters. The molecule has 2 aliphatic heterocycles. The second-order valence-electron chi connectivity index (χ2n) is 7.27. The summed E-state index contributed by atoms with van der Waals surface area (Å²) < 4.78 is 2.12. The number of piperidine rings is 2. The first-order valence-corrected chi connectivity index (χ1v) is 9.65. The SMILES string of the molecule is C.O[C@H]1CCCN[C@@H]1CCCn1cnc2c(N3CCCCC3)ncnc21. The minimum atomic E-state index is -0.207. The summed E-state index contributed by atoms with van der Waals surface area (Å²) in [4.78, 5) is 15.9. The third-order valence-corrected chi connectivity index (χ3v) is 5.50. The van der Waals surface area contributed by atoms with Crippen molar-refractivity contribution in [3.8, 4) is 0 Å². The summed E-state index contributed by atoms with van der Waals surface area (Å²) in [6, 6.07) is 0.224. The van der Waals surface area contributed by atoms with E-state index >= 15 is 0 Å². The van der Waals surface area contributed by atoms with Crippen molar-refractivity contribution in [3.05, 3.63) is 12.7 Å². The van der Waals surface area contributed by atoms with Crippen LogP contribution in [-0.4, -0.2) is 56.4 Å². The molecule has 7 heteroatoms. The van der Waals surface area contributed by atoms with Gasteiger partial charge in [0.05, 0.1) is 12.4 Å². The van der Waals surface area contributed by atoms with Crippen LogP contribution < -0.4 is 10.2 Å². The normalized spacial score (nSPS) is 23.8. The molecule has 2 aliphatic rings. The zero-order valence-corrected chi connectivity index (χ0v) is 14.8. The number of hydrogen-bond acceptors (Lipinski definition) is 6. The van der Waals surface area contributed by atoms with Gasteiger partial charge in [0.25, 0.3) is 0 Å². The lowest BCUT2D eigenvalue weighted by Crippen LogP contribution is -2.44. The summed E-state index contributed by atoms with van der Waals surface area (Å²) in [7, 11) is 0. The van der Waals surface area contributed by atoms with E-state index in [9.17, 15) is 5.11 Å². The third kappa shape index (κ3) is 3.99. The first-order valence-electron chi connectivity index (χ1n) is 9.65. The van der Waals surface area contributed by atoms with E-state index in [1.165, 1.54) is 19.3 Å². The monoisotopic (exact) mass is 360 g/mol. The van der Waals surface area contributed by atoms with Crippen molar-refractivity contribution in [2.45, 2.75) is 71.1 Å². The van der Waals surface area contributed by atoms with E-state index < -0.39 is 0 Å². The molecule has 0 aliphatic carbocycles. The predicted molar refractivity (Wildman–Crippen MR) is 104 cm³/mol. The molecule has 2 atom stereocenters. The van der Waals surface area contributed by atoms with Gasteiger partial charge >= 0.3 is 0 Å². The summed E-state index contributed by atoms with van der Waals surface area (Å²) in [5.41, 5.74) is 1.84. The minimum Gasteiger partial charge on any atom is -0.392 e. The predicted octanol–water partition coefficient (Wildman–Crippen LogP) is 2.35. The molecule has 0 amide bonds. The molecule has 26 heavy (non-hydrogen) atoms. The summed E-state index contributed by atoms with van der Waals surface area (Å²) >= 11 is 0. The maximum atomic E-state index is 10.1. The van der Waals surface area contributed by atoms with Gasteiger partial charge in [-0.15, -0.1) is 0 Å². The smallest absolute Gasteiger partial charge is 0.165 e. The van der Waals surface area contributed by atoms with Crippen molar-refractivity contribution < 1.29 is 5.11 Å². The lowest BCUT2D eigenvalue weighted by Gasteiger charge is -2.29. The van der Waals surface area contributed by atoms with E-state index in [-0.39, 0.29) is 19.6 Å². The second kappa shape index (κ2) is 8.77. The van der Waals surface area contributed by atoms with E-state index in [0.29, 0.717) is 0 Å². The van der Waals surface area contributed by atoms with Gasteiger partial charge in [0, 0.05) is 25.7 Å². The van der Waals surface area contributed by atoms with Crippen LogP contribution >= 0.6 is 0 Å². The van der Waals surface area contributed by atoms with Crippen LogP contribution in [-0.2, 0) is 6.54 Å². The first-order chi connectivity index (χ1) is 12.3. The number of rotatable bonds is 5. The average Bonchev–Trinajstić information content (AvgIpc) is 3.07. The Hall–Kier alpha value is -1.73. The maximum absolute atomic E-state index is 10.1. The number of nitrogens with zero attached hydrogens (tertiary/aromatic N) is 5. The molecule has 144 valence electrons. The molecular formula is C19H32N6O. The third-order valence-electron chi connectivity index (χ3n) is 5.50. The standard InChI is InChI=1S/C18H28N6O.CH4/c25-15-7-4-8-19-14(15)6-5-11-24-13-22-16-17(20-12-21-18(16)24)23-9-2-1-3-10-23;/h12-15,19,25H,1-11H2;1H4/t14-,15+;/m1./s1. The largest absolute Gasteiger partial charge is 0.392 e.